The molecule has 0 aliphatic carbocycles. The van der Waals surface area contributed by atoms with Gasteiger partial charge < -0.3 is 0 Å². The van der Waals surface area contributed by atoms with E-state index in [-0.39, 0.29) is 18.2 Å². The summed E-state index contributed by atoms with van der Waals surface area (Å²) in [4.78, 5) is 10.6. The van der Waals surface area contributed by atoms with Gasteiger partial charge in [-0.25, -0.2) is 22.0 Å². The topological polar surface area (TPSA) is 17.1 Å². The van der Waals surface area contributed by atoms with Crippen LogP contribution in [0.5, 0.6) is 0 Å². The van der Waals surface area contributed by atoms with Crippen LogP contribution in [0.25, 0.3) is 0 Å². The molecule has 1 nitrogen and oxygen atoms in total. The molecule has 0 saturated heterocycles. The molecule has 0 aromatic heterocycles. The Morgan fingerprint density at radius 3 is 1.62 bits per heavy atom. The quantitative estimate of drug-likeness (QED) is 0.153. The standard InChI is InChI=1S/C17H21F5OS/c1-2-3-4-5-6-7-8-9-10-11(23)24-17-15(21)13(19)12(18)14(20)16(17)22/h2-10H2,1H3. The van der Waals surface area contributed by atoms with E-state index in [4.69, 9.17) is 0 Å². The zero-order valence-corrected chi connectivity index (χ0v) is 14.4. The van der Waals surface area contributed by atoms with Gasteiger partial charge in [-0.3, -0.25) is 4.79 Å². The molecule has 0 aliphatic heterocycles. The summed E-state index contributed by atoms with van der Waals surface area (Å²) >= 11 is 0.0732. The van der Waals surface area contributed by atoms with Gasteiger partial charge in [0.15, 0.2) is 28.4 Å². The van der Waals surface area contributed by atoms with Crippen LogP contribution in [-0.4, -0.2) is 5.12 Å². The van der Waals surface area contributed by atoms with E-state index in [9.17, 15) is 26.7 Å². The smallest absolute Gasteiger partial charge is 0.200 e. The largest absolute Gasteiger partial charge is 0.287 e. The monoisotopic (exact) mass is 368 g/mol. The van der Waals surface area contributed by atoms with Gasteiger partial charge in [0.25, 0.3) is 0 Å². The minimum absolute atomic E-state index is 0.0408. The minimum Gasteiger partial charge on any atom is -0.287 e. The first-order valence-corrected chi connectivity index (χ1v) is 8.93. The van der Waals surface area contributed by atoms with E-state index < -0.39 is 39.1 Å². The van der Waals surface area contributed by atoms with E-state index in [0.29, 0.717) is 6.42 Å². The lowest BCUT2D eigenvalue weighted by molar-refractivity contribution is -0.111. The van der Waals surface area contributed by atoms with E-state index in [0.717, 1.165) is 25.7 Å². The van der Waals surface area contributed by atoms with Crippen molar-refractivity contribution in [2.45, 2.75) is 69.6 Å². The summed E-state index contributed by atoms with van der Waals surface area (Å²) in [5.74, 6) is -10.2. The Bertz CT molecular complexity index is 533. The number of carbonyl (C=O) groups is 1. The van der Waals surface area contributed by atoms with E-state index >= 15 is 0 Å². The van der Waals surface area contributed by atoms with Crippen molar-refractivity contribution in [3.05, 3.63) is 29.1 Å². The zero-order valence-electron chi connectivity index (χ0n) is 13.6. The summed E-state index contributed by atoms with van der Waals surface area (Å²) in [5.41, 5.74) is 0. The lowest BCUT2D eigenvalue weighted by Gasteiger charge is -2.07. The van der Waals surface area contributed by atoms with Crippen LogP contribution in [0.15, 0.2) is 4.90 Å². The van der Waals surface area contributed by atoms with Gasteiger partial charge in [-0.1, -0.05) is 51.9 Å². The number of benzene rings is 1. The Balaban J connectivity index is 2.41. The molecule has 7 heteroatoms. The lowest BCUT2D eigenvalue weighted by atomic mass is 10.1. The molecule has 0 atom stereocenters. The molecule has 0 unspecified atom stereocenters. The van der Waals surface area contributed by atoms with E-state index in [1.807, 2.05) is 0 Å². The molecule has 0 fully saturated rings. The molecule has 0 radical (unpaired) electrons. The maximum Gasteiger partial charge on any atom is 0.200 e. The van der Waals surface area contributed by atoms with Gasteiger partial charge in [-0.05, 0) is 18.2 Å². The van der Waals surface area contributed by atoms with Crippen molar-refractivity contribution in [2.24, 2.45) is 0 Å². The van der Waals surface area contributed by atoms with Crippen LogP contribution in [0, 0.1) is 29.1 Å². The number of thioether (sulfide) groups is 1. The fourth-order valence-electron chi connectivity index (χ4n) is 2.24. The molecule has 1 aromatic carbocycles. The molecule has 0 bridgehead atoms. The van der Waals surface area contributed by atoms with Crippen LogP contribution >= 0.6 is 11.8 Å². The molecular formula is C17H21F5OS. The van der Waals surface area contributed by atoms with Crippen LogP contribution in [0.4, 0.5) is 22.0 Å². The second kappa shape index (κ2) is 10.7. The van der Waals surface area contributed by atoms with Gasteiger partial charge in [0.1, 0.15) is 0 Å². The average Bonchev–Trinajstić information content (AvgIpc) is 2.57. The summed E-state index contributed by atoms with van der Waals surface area (Å²) in [6, 6.07) is 0. The molecule has 24 heavy (non-hydrogen) atoms. The third-order valence-corrected chi connectivity index (χ3v) is 4.61. The Labute approximate surface area is 143 Å². The first-order valence-electron chi connectivity index (χ1n) is 8.12. The summed E-state index contributed by atoms with van der Waals surface area (Å²) < 4.78 is 65.9. The highest BCUT2D eigenvalue weighted by Crippen LogP contribution is 2.32. The van der Waals surface area contributed by atoms with Crippen molar-refractivity contribution >= 4 is 16.9 Å². The molecule has 0 heterocycles. The predicted molar refractivity (Wildman–Crippen MR) is 84.3 cm³/mol. The SMILES string of the molecule is CCCCCCCCCCC(=O)Sc1c(F)c(F)c(F)c(F)c1F. The van der Waals surface area contributed by atoms with Gasteiger partial charge in [0.05, 0.1) is 4.90 Å². The first-order chi connectivity index (χ1) is 11.4. The number of unbranched alkanes of at least 4 members (excludes halogenated alkanes) is 7. The van der Waals surface area contributed by atoms with Crippen LogP contribution in [-0.2, 0) is 4.79 Å². The summed E-state index contributed by atoms with van der Waals surface area (Å²) in [6.45, 7) is 2.13. The molecule has 1 aromatic rings. The molecule has 136 valence electrons. The number of carbonyl (C=O) groups excluding carboxylic acids is 1. The molecule has 0 aliphatic rings. The fraction of sp³-hybridized carbons (Fsp3) is 0.588. The van der Waals surface area contributed by atoms with Crippen molar-refractivity contribution in [1.82, 2.24) is 0 Å². The van der Waals surface area contributed by atoms with Gasteiger partial charge in [0.2, 0.25) is 5.82 Å². The molecule has 0 saturated carbocycles. The van der Waals surface area contributed by atoms with Crippen molar-refractivity contribution in [1.29, 1.82) is 0 Å². The maximum atomic E-state index is 13.5. The molecule has 0 N–H and O–H groups in total. The Kier molecular flexibility index (Phi) is 9.33. The average molecular weight is 368 g/mol. The third kappa shape index (κ3) is 6.07. The van der Waals surface area contributed by atoms with E-state index in [1.165, 1.54) is 19.3 Å². The van der Waals surface area contributed by atoms with Crippen molar-refractivity contribution in [3.8, 4) is 0 Å². The lowest BCUT2D eigenvalue weighted by Crippen LogP contribution is -2.05. The molecule has 0 amide bonds. The second-order valence-electron chi connectivity index (χ2n) is 5.60. The van der Waals surface area contributed by atoms with Crippen LogP contribution in [0.2, 0.25) is 0 Å². The summed E-state index contributed by atoms with van der Waals surface area (Å²) in [7, 11) is 0. The number of halogens is 5. The Morgan fingerprint density at radius 2 is 1.12 bits per heavy atom. The number of hydrogen-bond donors (Lipinski definition) is 0. The first kappa shape index (κ1) is 20.9. The highest BCUT2D eigenvalue weighted by molar-refractivity contribution is 8.13. The van der Waals surface area contributed by atoms with Crippen molar-refractivity contribution in [2.75, 3.05) is 0 Å². The zero-order chi connectivity index (χ0) is 18.1. The maximum absolute atomic E-state index is 13.5. The molecular weight excluding hydrogens is 347 g/mol. The Morgan fingerprint density at radius 1 is 0.708 bits per heavy atom. The highest BCUT2D eigenvalue weighted by atomic mass is 32.2. The molecule has 1 rings (SSSR count). The van der Waals surface area contributed by atoms with Gasteiger partial charge in [-0.15, -0.1) is 0 Å². The van der Waals surface area contributed by atoms with Gasteiger partial charge in [0, 0.05) is 6.42 Å². The van der Waals surface area contributed by atoms with Crippen molar-refractivity contribution in [3.63, 3.8) is 0 Å². The number of rotatable bonds is 10. The fourth-order valence-corrected chi connectivity index (χ4v) is 3.07. The normalized spacial score (nSPS) is 11.1. The summed E-state index contributed by atoms with van der Waals surface area (Å²) in [6.07, 6.45) is 8.11. The van der Waals surface area contributed by atoms with Crippen LogP contribution in [0.3, 0.4) is 0 Å². The number of hydrogen-bond acceptors (Lipinski definition) is 2. The summed E-state index contributed by atoms with van der Waals surface area (Å²) in [5, 5.41) is -0.607. The Hall–Kier alpha value is -1.11. The van der Waals surface area contributed by atoms with Crippen LogP contribution < -0.4 is 0 Å². The van der Waals surface area contributed by atoms with Gasteiger partial charge >= 0.3 is 0 Å². The van der Waals surface area contributed by atoms with Gasteiger partial charge in [-0.2, -0.15) is 0 Å². The second-order valence-corrected chi connectivity index (χ2v) is 6.67. The van der Waals surface area contributed by atoms with E-state index in [1.54, 1.807) is 0 Å². The highest BCUT2D eigenvalue weighted by Gasteiger charge is 2.27. The third-order valence-electron chi connectivity index (χ3n) is 3.62. The van der Waals surface area contributed by atoms with Crippen molar-refractivity contribution < 1.29 is 26.7 Å². The van der Waals surface area contributed by atoms with E-state index in [2.05, 4.69) is 6.92 Å². The predicted octanol–water partition coefficient (Wildman–Crippen LogP) is 6.53. The minimum atomic E-state index is -2.22. The molecule has 0 spiro atoms. The van der Waals surface area contributed by atoms with Crippen LogP contribution in [0.1, 0.15) is 64.7 Å².